The molecule has 0 unspecified atom stereocenters. The molecule has 0 aliphatic heterocycles. The van der Waals surface area contributed by atoms with Gasteiger partial charge in [0, 0.05) is 23.3 Å². The highest BCUT2D eigenvalue weighted by Gasteiger charge is 2.07. The van der Waals surface area contributed by atoms with Crippen molar-refractivity contribution in [3.63, 3.8) is 0 Å². The summed E-state index contributed by atoms with van der Waals surface area (Å²) in [5.41, 5.74) is 14.3. The first-order valence-electron chi connectivity index (χ1n) is 4.91. The molecule has 0 atom stereocenters. The molecule has 0 saturated carbocycles. The number of rotatable bonds is 2. The third-order valence-electron chi connectivity index (χ3n) is 2.43. The molecule has 0 saturated heterocycles. The van der Waals surface area contributed by atoms with Gasteiger partial charge in [-0.3, -0.25) is 0 Å². The molecule has 0 aliphatic rings. The molecule has 0 radical (unpaired) electrons. The van der Waals surface area contributed by atoms with Gasteiger partial charge in [0.05, 0.1) is 0 Å². The summed E-state index contributed by atoms with van der Waals surface area (Å²) in [6.07, 6.45) is 1.67. The molecule has 16 heavy (non-hydrogen) atoms. The lowest BCUT2D eigenvalue weighted by atomic mass is 10.0. The van der Waals surface area contributed by atoms with Gasteiger partial charge in [0.1, 0.15) is 5.82 Å². The van der Waals surface area contributed by atoms with Gasteiger partial charge in [-0.1, -0.05) is 23.7 Å². The minimum absolute atomic E-state index is 0.363. The first-order chi connectivity index (χ1) is 7.72. The first kappa shape index (κ1) is 10.9. The molecule has 2 rings (SSSR count). The van der Waals surface area contributed by atoms with Gasteiger partial charge < -0.3 is 11.5 Å². The van der Waals surface area contributed by atoms with Crippen LogP contribution in [0.25, 0.3) is 11.1 Å². The molecule has 2 aromatic rings. The minimum Gasteiger partial charge on any atom is -0.383 e. The van der Waals surface area contributed by atoms with E-state index in [1.807, 2.05) is 30.3 Å². The number of aromatic nitrogens is 1. The molecule has 1 aromatic heterocycles. The van der Waals surface area contributed by atoms with Crippen LogP contribution in [0.15, 0.2) is 36.5 Å². The van der Waals surface area contributed by atoms with E-state index in [1.165, 1.54) is 0 Å². The van der Waals surface area contributed by atoms with Crippen LogP contribution >= 0.6 is 11.6 Å². The van der Waals surface area contributed by atoms with E-state index in [0.717, 1.165) is 16.7 Å². The third kappa shape index (κ3) is 2.01. The average Bonchev–Trinajstić information content (AvgIpc) is 2.28. The highest BCUT2D eigenvalue weighted by molar-refractivity contribution is 6.30. The van der Waals surface area contributed by atoms with Crippen LogP contribution in [0, 0.1) is 0 Å². The van der Waals surface area contributed by atoms with Crippen molar-refractivity contribution in [2.45, 2.75) is 6.54 Å². The van der Waals surface area contributed by atoms with E-state index in [1.54, 1.807) is 6.20 Å². The largest absolute Gasteiger partial charge is 0.383 e. The van der Waals surface area contributed by atoms with Gasteiger partial charge >= 0.3 is 0 Å². The van der Waals surface area contributed by atoms with E-state index in [9.17, 15) is 0 Å². The number of halogens is 1. The Morgan fingerprint density at radius 3 is 2.75 bits per heavy atom. The number of nitrogens with two attached hydrogens (primary N) is 2. The van der Waals surface area contributed by atoms with E-state index in [0.29, 0.717) is 17.4 Å². The van der Waals surface area contributed by atoms with E-state index >= 15 is 0 Å². The fraction of sp³-hybridized carbons (Fsp3) is 0.0833. The van der Waals surface area contributed by atoms with E-state index in [-0.39, 0.29) is 0 Å². The van der Waals surface area contributed by atoms with Gasteiger partial charge in [0.2, 0.25) is 0 Å². The fourth-order valence-electron chi connectivity index (χ4n) is 1.65. The Morgan fingerprint density at radius 2 is 2.06 bits per heavy atom. The topological polar surface area (TPSA) is 64.9 Å². The van der Waals surface area contributed by atoms with Crippen molar-refractivity contribution in [1.29, 1.82) is 0 Å². The predicted octanol–water partition coefficient (Wildman–Crippen LogP) is 2.44. The van der Waals surface area contributed by atoms with Crippen LogP contribution in [0.2, 0.25) is 5.02 Å². The van der Waals surface area contributed by atoms with Crippen LogP contribution in [0.4, 0.5) is 5.82 Å². The van der Waals surface area contributed by atoms with Crippen molar-refractivity contribution >= 4 is 17.4 Å². The number of hydrogen-bond acceptors (Lipinski definition) is 3. The molecule has 4 N–H and O–H groups in total. The quantitative estimate of drug-likeness (QED) is 0.838. The summed E-state index contributed by atoms with van der Waals surface area (Å²) in [5, 5.41) is 0.691. The molecule has 0 amide bonds. The standard InChI is InChI=1S/C12H12ClN3/c13-9-3-1-2-8(6-9)10-4-5-16-12(15)11(10)7-14/h1-6H,7,14H2,(H2,15,16). The Labute approximate surface area is 99.1 Å². The number of nitrogen functional groups attached to an aromatic ring is 1. The summed E-state index contributed by atoms with van der Waals surface area (Å²) in [6, 6.07) is 9.48. The Balaban J connectivity index is 2.60. The van der Waals surface area contributed by atoms with Crippen LogP contribution in [-0.4, -0.2) is 4.98 Å². The van der Waals surface area contributed by atoms with Crippen LogP contribution < -0.4 is 11.5 Å². The lowest BCUT2D eigenvalue weighted by Crippen LogP contribution is -2.05. The molecular weight excluding hydrogens is 222 g/mol. The third-order valence-corrected chi connectivity index (χ3v) is 2.66. The fourth-order valence-corrected chi connectivity index (χ4v) is 1.84. The average molecular weight is 234 g/mol. The summed E-state index contributed by atoms with van der Waals surface area (Å²) >= 11 is 5.95. The lowest BCUT2D eigenvalue weighted by Gasteiger charge is -2.09. The van der Waals surface area contributed by atoms with Crippen LogP contribution in [0.3, 0.4) is 0 Å². The van der Waals surface area contributed by atoms with Crippen molar-refractivity contribution in [3.8, 4) is 11.1 Å². The maximum atomic E-state index is 5.95. The van der Waals surface area contributed by atoms with Crippen molar-refractivity contribution in [1.82, 2.24) is 4.98 Å². The maximum absolute atomic E-state index is 5.95. The Bertz CT molecular complexity index is 511. The smallest absolute Gasteiger partial charge is 0.128 e. The lowest BCUT2D eigenvalue weighted by molar-refractivity contribution is 1.06. The SMILES string of the molecule is NCc1c(-c2cccc(Cl)c2)ccnc1N. The van der Waals surface area contributed by atoms with Crippen molar-refractivity contribution in [3.05, 3.63) is 47.1 Å². The Kier molecular flexibility index (Phi) is 3.08. The monoisotopic (exact) mass is 233 g/mol. The van der Waals surface area contributed by atoms with Crippen LogP contribution in [-0.2, 0) is 6.54 Å². The molecule has 4 heteroatoms. The highest BCUT2D eigenvalue weighted by Crippen LogP contribution is 2.27. The number of hydrogen-bond donors (Lipinski definition) is 2. The first-order valence-corrected chi connectivity index (χ1v) is 5.29. The number of anilines is 1. The van der Waals surface area contributed by atoms with Gasteiger partial charge in [-0.05, 0) is 29.3 Å². The van der Waals surface area contributed by atoms with Gasteiger partial charge in [0.25, 0.3) is 0 Å². The molecule has 0 bridgehead atoms. The second kappa shape index (κ2) is 4.51. The zero-order valence-corrected chi connectivity index (χ0v) is 9.41. The zero-order chi connectivity index (χ0) is 11.5. The van der Waals surface area contributed by atoms with Gasteiger partial charge in [-0.15, -0.1) is 0 Å². The van der Waals surface area contributed by atoms with Gasteiger partial charge in [-0.2, -0.15) is 0 Å². The molecule has 82 valence electrons. The molecule has 3 nitrogen and oxygen atoms in total. The second-order valence-corrected chi connectivity index (χ2v) is 3.87. The summed E-state index contributed by atoms with van der Waals surface area (Å²) in [4.78, 5) is 4.02. The zero-order valence-electron chi connectivity index (χ0n) is 8.65. The molecule has 0 aliphatic carbocycles. The number of nitrogens with zero attached hydrogens (tertiary/aromatic N) is 1. The number of pyridine rings is 1. The number of benzene rings is 1. The van der Waals surface area contributed by atoms with Crippen LogP contribution in [0.1, 0.15) is 5.56 Å². The summed E-state index contributed by atoms with van der Waals surface area (Å²) in [7, 11) is 0. The molecule has 0 fully saturated rings. The van der Waals surface area contributed by atoms with Crippen molar-refractivity contribution in [2.75, 3.05) is 5.73 Å². The molecule has 1 heterocycles. The van der Waals surface area contributed by atoms with E-state index < -0.39 is 0 Å². The van der Waals surface area contributed by atoms with Crippen LogP contribution in [0.5, 0.6) is 0 Å². The highest BCUT2D eigenvalue weighted by atomic mass is 35.5. The second-order valence-electron chi connectivity index (χ2n) is 3.44. The van der Waals surface area contributed by atoms with Crippen molar-refractivity contribution < 1.29 is 0 Å². The summed E-state index contributed by atoms with van der Waals surface area (Å²) in [6.45, 7) is 0.363. The molecule has 0 spiro atoms. The summed E-state index contributed by atoms with van der Waals surface area (Å²) < 4.78 is 0. The summed E-state index contributed by atoms with van der Waals surface area (Å²) in [5.74, 6) is 0.472. The molecule has 1 aromatic carbocycles. The Hall–Kier alpha value is -1.58. The van der Waals surface area contributed by atoms with Gasteiger partial charge in [0.15, 0.2) is 0 Å². The van der Waals surface area contributed by atoms with E-state index in [2.05, 4.69) is 4.98 Å². The Morgan fingerprint density at radius 1 is 1.25 bits per heavy atom. The van der Waals surface area contributed by atoms with Gasteiger partial charge in [-0.25, -0.2) is 4.98 Å². The predicted molar refractivity (Wildman–Crippen MR) is 67.0 cm³/mol. The van der Waals surface area contributed by atoms with E-state index in [4.69, 9.17) is 23.1 Å². The van der Waals surface area contributed by atoms with Crippen molar-refractivity contribution in [2.24, 2.45) is 5.73 Å². The normalized spacial score (nSPS) is 10.4. The minimum atomic E-state index is 0.363. The molecular formula is C12H12ClN3. The maximum Gasteiger partial charge on any atom is 0.128 e.